The molecule has 0 spiro atoms. The van der Waals surface area contributed by atoms with Crippen LogP contribution in [-0.4, -0.2) is 35.2 Å². The van der Waals surface area contributed by atoms with Gasteiger partial charge in [0.1, 0.15) is 28.5 Å². The maximum Gasteiger partial charge on any atom is 0.404 e. The zero-order chi connectivity index (χ0) is 23.3. The molecule has 0 saturated carbocycles. The minimum Gasteiger partial charge on any atom is -0.291 e. The van der Waals surface area contributed by atoms with Gasteiger partial charge < -0.3 is 0 Å². The van der Waals surface area contributed by atoms with Crippen LogP contribution in [0.5, 0.6) is 0 Å². The lowest BCUT2D eigenvalue weighted by atomic mass is 10.1. The van der Waals surface area contributed by atoms with E-state index in [4.69, 9.17) is 0 Å². The molecule has 3 aromatic rings. The predicted molar refractivity (Wildman–Crippen MR) is 107 cm³/mol. The molecule has 1 aliphatic carbocycles. The lowest BCUT2D eigenvalue weighted by molar-refractivity contribution is -0.147. The van der Waals surface area contributed by atoms with Gasteiger partial charge in [-0.1, -0.05) is 6.08 Å². The number of allylic oxidation sites excluding steroid dienone is 4. The molecule has 0 bridgehead atoms. The molecule has 0 saturated heterocycles. The minimum absolute atomic E-state index is 0.0696. The number of hydrogen-bond acceptors (Lipinski definition) is 5. The molecule has 164 valence electrons. The van der Waals surface area contributed by atoms with E-state index in [-0.39, 0.29) is 22.3 Å². The van der Waals surface area contributed by atoms with E-state index in [2.05, 4.69) is 9.97 Å². The second-order valence-electron chi connectivity index (χ2n) is 6.91. The molecule has 0 unspecified atom stereocenters. The van der Waals surface area contributed by atoms with Gasteiger partial charge in [0.15, 0.2) is 0 Å². The Labute approximate surface area is 179 Å². The monoisotopic (exact) mass is 463 g/mol. The molecule has 3 heterocycles. The topological polar surface area (TPSA) is 101 Å². The van der Waals surface area contributed by atoms with E-state index in [1.807, 2.05) is 6.07 Å². The first-order chi connectivity index (χ1) is 15.0. The highest BCUT2D eigenvalue weighted by atomic mass is 32.2. The van der Waals surface area contributed by atoms with Gasteiger partial charge in [0.05, 0.1) is 23.1 Å². The fourth-order valence-electron chi connectivity index (χ4n) is 3.12. The summed E-state index contributed by atoms with van der Waals surface area (Å²) < 4.78 is 79.7. The summed E-state index contributed by atoms with van der Waals surface area (Å²) in [5.41, 5.74) is 1.42. The van der Waals surface area contributed by atoms with Crippen LogP contribution in [0.1, 0.15) is 12.5 Å². The molecule has 4 rings (SSSR count). The van der Waals surface area contributed by atoms with Gasteiger partial charge in [-0.15, -0.1) is 0 Å². The third kappa shape index (κ3) is 3.65. The fraction of sp³-hybridized carbons (Fsp3) is 0.150. The van der Waals surface area contributed by atoms with Crippen LogP contribution in [0.3, 0.4) is 0 Å². The largest absolute Gasteiger partial charge is 0.404 e. The maximum atomic E-state index is 13.8. The van der Waals surface area contributed by atoms with Crippen molar-refractivity contribution in [1.29, 1.82) is 5.26 Å². The van der Waals surface area contributed by atoms with E-state index in [0.29, 0.717) is 18.3 Å². The van der Waals surface area contributed by atoms with Crippen molar-refractivity contribution in [2.45, 2.75) is 24.0 Å². The summed E-state index contributed by atoms with van der Waals surface area (Å²) in [5, 5.41) is 9.96. The Kier molecular flexibility index (Phi) is 5.10. The van der Waals surface area contributed by atoms with Crippen molar-refractivity contribution in [3.05, 3.63) is 60.2 Å². The van der Waals surface area contributed by atoms with E-state index >= 15 is 0 Å². The summed E-state index contributed by atoms with van der Waals surface area (Å²) in [6, 6.07) is 3.21. The number of alkyl halides is 3. The first-order valence-electron chi connectivity index (χ1n) is 9.07. The van der Waals surface area contributed by atoms with Crippen LogP contribution < -0.4 is 4.72 Å². The molecule has 0 fully saturated rings. The molecule has 0 amide bonds. The summed E-state index contributed by atoms with van der Waals surface area (Å²) in [7, 11) is -4.50. The Morgan fingerprint density at radius 3 is 2.47 bits per heavy atom. The van der Waals surface area contributed by atoms with Crippen LogP contribution in [0.25, 0.3) is 28.1 Å². The van der Waals surface area contributed by atoms with Crippen LogP contribution in [0.2, 0.25) is 0 Å². The first-order valence-corrected chi connectivity index (χ1v) is 10.6. The van der Waals surface area contributed by atoms with Crippen LogP contribution >= 0.6 is 0 Å². The average molecular weight is 463 g/mol. The van der Waals surface area contributed by atoms with Crippen LogP contribution in [-0.2, 0) is 10.0 Å². The second kappa shape index (κ2) is 7.54. The smallest absolute Gasteiger partial charge is 0.291 e. The van der Waals surface area contributed by atoms with Gasteiger partial charge >= 0.3 is 6.18 Å². The van der Waals surface area contributed by atoms with Crippen molar-refractivity contribution in [1.82, 2.24) is 19.3 Å². The highest BCUT2D eigenvalue weighted by molar-refractivity contribution is 7.89. The predicted octanol–water partition coefficient (Wildman–Crippen LogP) is 3.75. The van der Waals surface area contributed by atoms with E-state index < -0.39 is 33.0 Å². The molecule has 7 nitrogen and oxygen atoms in total. The minimum atomic E-state index is -4.75. The molecule has 0 radical (unpaired) electrons. The number of nitrogens with one attached hydrogen (secondary N) is 1. The molecule has 1 N–H and O–H groups in total. The first kappa shape index (κ1) is 21.7. The summed E-state index contributed by atoms with van der Waals surface area (Å²) in [6.07, 6.45) is 2.35. The Balaban J connectivity index is 1.82. The van der Waals surface area contributed by atoms with Crippen molar-refractivity contribution in [2.75, 3.05) is 0 Å². The summed E-state index contributed by atoms with van der Waals surface area (Å²) in [6.45, 7) is 0.684. The summed E-state index contributed by atoms with van der Waals surface area (Å²) in [4.78, 5) is 7.66. The average Bonchev–Trinajstić information content (AvgIpc) is 2.99. The quantitative estimate of drug-likeness (QED) is 0.581. The Hall–Kier alpha value is -3.56. The standard InChI is InChI=1S/C20H13F4N5O2S/c1-11(20(22,23)24)28-32(30,31)14-5-6-17(26-10-14)18-16(8-25)15-7-12(21)9-27-19(15)29(18)13-3-2-4-13/h2-7,9-11,28H,1H3/t11-/m0/s1. The van der Waals surface area contributed by atoms with Crippen LogP contribution in [0.15, 0.2) is 53.7 Å². The third-order valence-corrected chi connectivity index (χ3v) is 6.32. The van der Waals surface area contributed by atoms with Crippen LogP contribution in [0.4, 0.5) is 17.6 Å². The Morgan fingerprint density at radius 1 is 1.22 bits per heavy atom. The fourth-order valence-corrected chi connectivity index (χ4v) is 4.30. The van der Waals surface area contributed by atoms with Crippen molar-refractivity contribution < 1.29 is 26.0 Å². The Bertz CT molecular complexity index is 1430. The summed E-state index contributed by atoms with van der Waals surface area (Å²) in [5.74, 6) is -0.643. The number of aromatic nitrogens is 3. The number of hydrogen-bond donors (Lipinski definition) is 1. The number of sulfonamides is 1. The highest BCUT2D eigenvalue weighted by Crippen LogP contribution is 2.36. The third-order valence-electron chi connectivity index (χ3n) is 4.79. The van der Waals surface area contributed by atoms with Crippen LogP contribution in [0, 0.1) is 17.1 Å². The molecule has 12 heteroatoms. The SMILES string of the molecule is C[C@H](NS(=O)(=O)c1ccc(-c2c(C#N)c3cc(F)cnc3n2C2=CC=C2)nc1)C(F)(F)F. The number of rotatable bonds is 5. The zero-order valence-corrected chi connectivity index (χ0v) is 17.0. The van der Waals surface area contributed by atoms with Gasteiger partial charge in [-0.2, -0.15) is 23.2 Å². The van der Waals surface area contributed by atoms with Gasteiger partial charge in [-0.25, -0.2) is 17.8 Å². The summed E-state index contributed by atoms with van der Waals surface area (Å²) >= 11 is 0. The lowest BCUT2D eigenvalue weighted by Gasteiger charge is -2.17. The lowest BCUT2D eigenvalue weighted by Crippen LogP contribution is -2.42. The number of nitriles is 1. The molecule has 32 heavy (non-hydrogen) atoms. The van der Waals surface area contributed by atoms with E-state index in [9.17, 15) is 31.2 Å². The van der Waals surface area contributed by atoms with Crippen molar-refractivity contribution >= 4 is 26.8 Å². The second-order valence-corrected chi connectivity index (χ2v) is 8.62. The normalized spacial score (nSPS) is 14.7. The number of pyridine rings is 2. The van der Waals surface area contributed by atoms with Crippen molar-refractivity contribution in [2.24, 2.45) is 0 Å². The van der Waals surface area contributed by atoms with E-state index in [0.717, 1.165) is 24.5 Å². The molecule has 0 aromatic carbocycles. The molecule has 3 aromatic heterocycles. The molecule has 1 aliphatic rings. The van der Waals surface area contributed by atoms with Crippen molar-refractivity contribution in [3.63, 3.8) is 0 Å². The number of fused-ring (bicyclic) bond motifs is 1. The zero-order valence-electron chi connectivity index (χ0n) is 16.2. The van der Waals surface area contributed by atoms with Gasteiger partial charge in [0, 0.05) is 17.3 Å². The Morgan fingerprint density at radius 2 is 1.94 bits per heavy atom. The molecular weight excluding hydrogens is 450 g/mol. The van der Waals surface area contributed by atoms with E-state index in [1.54, 1.807) is 27.5 Å². The molecular formula is C20H13F4N5O2S. The van der Waals surface area contributed by atoms with Gasteiger partial charge in [0.25, 0.3) is 0 Å². The number of halogens is 4. The van der Waals surface area contributed by atoms with Gasteiger partial charge in [0.2, 0.25) is 10.0 Å². The molecule has 0 aliphatic heterocycles. The van der Waals surface area contributed by atoms with Gasteiger partial charge in [-0.3, -0.25) is 9.55 Å². The highest BCUT2D eigenvalue weighted by Gasteiger charge is 2.39. The van der Waals surface area contributed by atoms with Gasteiger partial charge in [-0.05, 0) is 37.3 Å². The molecule has 1 atom stereocenters. The number of nitrogens with zero attached hydrogens (tertiary/aromatic N) is 4. The van der Waals surface area contributed by atoms with Crippen molar-refractivity contribution in [3.8, 4) is 17.5 Å². The van der Waals surface area contributed by atoms with E-state index in [1.165, 1.54) is 6.07 Å². The maximum absolute atomic E-state index is 13.8.